The van der Waals surface area contributed by atoms with Crippen molar-refractivity contribution in [3.8, 4) is 0 Å². The molecule has 4 N–H and O–H groups in total. The molecule has 0 aliphatic rings. The third kappa shape index (κ3) is 4.40. The average molecular weight is 285 g/mol. The summed E-state index contributed by atoms with van der Waals surface area (Å²) in [6.07, 6.45) is 1.31. The summed E-state index contributed by atoms with van der Waals surface area (Å²) >= 11 is 5.75. The second-order valence-corrected chi connectivity index (χ2v) is 5.03. The molecule has 0 aliphatic carbocycles. The van der Waals surface area contributed by atoms with E-state index in [-0.39, 0.29) is 34.8 Å². The molecule has 0 aliphatic heterocycles. The Bertz CT molecular complexity index is 491. The van der Waals surface area contributed by atoms with Crippen LogP contribution in [0.1, 0.15) is 24.2 Å². The summed E-state index contributed by atoms with van der Waals surface area (Å²) in [5, 5.41) is 0.168. The minimum Gasteiger partial charge on any atom is -0.397 e. The molecule has 0 bridgehead atoms. The predicted molar refractivity (Wildman–Crippen MR) is 73.6 cm³/mol. The van der Waals surface area contributed by atoms with Crippen LogP contribution in [-0.2, 0) is 4.79 Å². The minimum absolute atomic E-state index is 0.156. The number of pyridine rings is 1. The van der Waals surface area contributed by atoms with Crippen LogP contribution in [0.4, 0.5) is 5.69 Å². The second-order valence-electron chi connectivity index (χ2n) is 4.64. The molecular weight excluding hydrogens is 268 g/mol. The Hall–Kier alpha value is -1.82. The van der Waals surface area contributed by atoms with Gasteiger partial charge in [-0.25, -0.2) is 4.98 Å². The van der Waals surface area contributed by atoms with Crippen molar-refractivity contribution < 1.29 is 9.59 Å². The van der Waals surface area contributed by atoms with E-state index in [4.69, 9.17) is 23.1 Å². The van der Waals surface area contributed by atoms with Crippen LogP contribution in [0.2, 0.25) is 5.15 Å². The third-order valence-corrected chi connectivity index (χ3v) is 2.56. The van der Waals surface area contributed by atoms with Gasteiger partial charge in [0, 0.05) is 6.54 Å². The molecule has 6 nitrogen and oxygen atoms in total. The Morgan fingerprint density at radius 1 is 1.47 bits per heavy atom. The van der Waals surface area contributed by atoms with Crippen molar-refractivity contribution in [2.45, 2.75) is 13.8 Å². The number of anilines is 1. The monoisotopic (exact) mass is 284 g/mol. The third-order valence-electron chi connectivity index (χ3n) is 2.35. The van der Waals surface area contributed by atoms with E-state index in [0.29, 0.717) is 6.54 Å². The SMILES string of the molecule is CC(C)CN(CC(N)=O)C(=O)c1cc(Cl)ncc1N. The molecule has 0 aromatic carbocycles. The molecule has 0 fully saturated rings. The lowest BCUT2D eigenvalue weighted by atomic mass is 10.1. The first-order valence-corrected chi connectivity index (χ1v) is 6.17. The first-order valence-electron chi connectivity index (χ1n) is 5.79. The number of halogens is 1. The van der Waals surface area contributed by atoms with E-state index >= 15 is 0 Å². The summed E-state index contributed by atoms with van der Waals surface area (Å²) in [6.45, 7) is 4.12. The van der Waals surface area contributed by atoms with Crippen molar-refractivity contribution >= 4 is 29.1 Å². The molecule has 19 heavy (non-hydrogen) atoms. The molecule has 1 aromatic heterocycles. The molecule has 0 saturated heterocycles. The van der Waals surface area contributed by atoms with E-state index in [1.54, 1.807) is 0 Å². The Balaban J connectivity index is 3.03. The highest BCUT2D eigenvalue weighted by atomic mass is 35.5. The van der Waals surface area contributed by atoms with Gasteiger partial charge in [-0.05, 0) is 12.0 Å². The smallest absolute Gasteiger partial charge is 0.256 e. The van der Waals surface area contributed by atoms with E-state index in [1.807, 2.05) is 13.8 Å². The van der Waals surface area contributed by atoms with Crippen molar-refractivity contribution in [2.75, 3.05) is 18.8 Å². The van der Waals surface area contributed by atoms with Gasteiger partial charge in [0.15, 0.2) is 0 Å². The van der Waals surface area contributed by atoms with E-state index in [9.17, 15) is 9.59 Å². The number of nitrogens with two attached hydrogens (primary N) is 2. The van der Waals surface area contributed by atoms with Gasteiger partial charge in [0.2, 0.25) is 5.91 Å². The van der Waals surface area contributed by atoms with Crippen molar-refractivity contribution in [2.24, 2.45) is 11.7 Å². The van der Waals surface area contributed by atoms with Crippen LogP contribution in [0.5, 0.6) is 0 Å². The number of aromatic nitrogens is 1. The fraction of sp³-hybridized carbons (Fsp3) is 0.417. The molecule has 0 unspecified atom stereocenters. The lowest BCUT2D eigenvalue weighted by Gasteiger charge is -2.23. The number of hydrogen-bond acceptors (Lipinski definition) is 4. The Kier molecular flexibility index (Phi) is 5.11. The first kappa shape index (κ1) is 15.2. The van der Waals surface area contributed by atoms with Crippen LogP contribution in [0, 0.1) is 5.92 Å². The Morgan fingerprint density at radius 2 is 2.11 bits per heavy atom. The second kappa shape index (κ2) is 6.38. The highest BCUT2D eigenvalue weighted by Gasteiger charge is 2.21. The number of rotatable bonds is 5. The molecule has 0 atom stereocenters. The Labute approximate surface area is 116 Å². The van der Waals surface area contributed by atoms with Gasteiger partial charge in [-0.2, -0.15) is 0 Å². The van der Waals surface area contributed by atoms with E-state index in [1.165, 1.54) is 17.2 Å². The molecule has 0 radical (unpaired) electrons. The fourth-order valence-corrected chi connectivity index (χ4v) is 1.80. The molecule has 104 valence electrons. The molecule has 0 saturated carbocycles. The van der Waals surface area contributed by atoms with Gasteiger partial charge in [0.1, 0.15) is 5.15 Å². The van der Waals surface area contributed by atoms with Gasteiger partial charge in [0.25, 0.3) is 5.91 Å². The topological polar surface area (TPSA) is 102 Å². The number of primary amides is 1. The zero-order chi connectivity index (χ0) is 14.6. The first-order chi connectivity index (χ1) is 8.81. The van der Waals surface area contributed by atoms with Gasteiger partial charge >= 0.3 is 0 Å². The standard InChI is InChI=1S/C12H17ClN4O2/c1-7(2)5-17(6-11(15)18)12(19)8-3-10(13)16-4-9(8)14/h3-4,7H,5-6,14H2,1-2H3,(H2,15,18). The van der Waals surface area contributed by atoms with Crippen LogP contribution >= 0.6 is 11.6 Å². The van der Waals surface area contributed by atoms with Gasteiger partial charge in [0.05, 0.1) is 24.0 Å². The summed E-state index contributed by atoms with van der Waals surface area (Å²) in [4.78, 5) is 28.5. The van der Waals surface area contributed by atoms with Gasteiger partial charge in [-0.1, -0.05) is 25.4 Å². The number of hydrogen-bond donors (Lipinski definition) is 2. The van der Waals surface area contributed by atoms with Crippen LogP contribution in [0.3, 0.4) is 0 Å². The summed E-state index contributed by atoms with van der Waals surface area (Å²) in [7, 11) is 0. The summed E-state index contributed by atoms with van der Waals surface area (Å²) in [6, 6.07) is 1.38. The van der Waals surface area contributed by atoms with Crippen LogP contribution in [0.25, 0.3) is 0 Å². The summed E-state index contributed by atoms with van der Waals surface area (Å²) in [5.41, 5.74) is 11.3. The van der Waals surface area contributed by atoms with E-state index < -0.39 is 5.91 Å². The molecule has 1 heterocycles. The highest BCUT2D eigenvalue weighted by Crippen LogP contribution is 2.17. The van der Waals surface area contributed by atoms with Crippen LogP contribution in [-0.4, -0.2) is 34.8 Å². The van der Waals surface area contributed by atoms with Gasteiger partial charge < -0.3 is 16.4 Å². The largest absolute Gasteiger partial charge is 0.397 e. The number of nitrogens with zero attached hydrogens (tertiary/aromatic N) is 2. The van der Waals surface area contributed by atoms with Gasteiger partial charge in [-0.3, -0.25) is 9.59 Å². The molecule has 1 rings (SSSR count). The van der Waals surface area contributed by atoms with Crippen molar-refractivity contribution in [3.05, 3.63) is 23.0 Å². The van der Waals surface area contributed by atoms with Crippen molar-refractivity contribution in [1.29, 1.82) is 0 Å². The number of amides is 2. The normalized spacial score (nSPS) is 10.5. The van der Waals surface area contributed by atoms with Crippen LogP contribution < -0.4 is 11.5 Å². The maximum absolute atomic E-state index is 12.3. The fourth-order valence-electron chi connectivity index (χ4n) is 1.64. The van der Waals surface area contributed by atoms with Crippen molar-refractivity contribution in [3.63, 3.8) is 0 Å². The highest BCUT2D eigenvalue weighted by molar-refractivity contribution is 6.29. The average Bonchev–Trinajstić information content (AvgIpc) is 2.29. The van der Waals surface area contributed by atoms with Crippen LogP contribution in [0.15, 0.2) is 12.3 Å². The molecule has 7 heteroatoms. The molecule has 2 amide bonds. The zero-order valence-corrected chi connectivity index (χ0v) is 11.6. The summed E-state index contributed by atoms with van der Waals surface area (Å²) < 4.78 is 0. The number of carbonyl (C=O) groups excluding carboxylic acids is 2. The van der Waals surface area contributed by atoms with Gasteiger partial charge in [-0.15, -0.1) is 0 Å². The molecule has 1 aromatic rings. The summed E-state index contributed by atoms with van der Waals surface area (Å²) in [5.74, 6) is -0.760. The minimum atomic E-state index is -0.576. The number of nitrogen functional groups attached to an aromatic ring is 1. The zero-order valence-electron chi connectivity index (χ0n) is 10.9. The lowest BCUT2D eigenvalue weighted by Crippen LogP contribution is -2.40. The molecule has 0 spiro atoms. The number of carbonyl (C=O) groups is 2. The van der Waals surface area contributed by atoms with E-state index in [2.05, 4.69) is 4.98 Å². The maximum Gasteiger partial charge on any atom is 0.256 e. The lowest BCUT2D eigenvalue weighted by molar-refractivity contribution is -0.118. The predicted octanol–water partition coefficient (Wildman–Crippen LogP) is 0.901. The Morgan fingerprint density at radius 3 is 2.63 bits per heavy atom. The van der Waals surface area contributed by atoms with E-state index in [0.717, 1.165) is 0 Å². The molecular formula is C12H17ClN4O2. The maximum atomic E-state index is 12.3. The quantitative estimate of drug-likeness (QED) is 0.784. The van der Waals surface area contributed by atoms with Crippen molar-refractivity contribution in [1.82, 2.24) is 9.88 Å².